The summed E-state index contributed by atoms with van der Waals surface area (Å²) in [6, 6.07) is 1.72. The second-order valence-electron chi connectivity index (χ2n) is 7.77. The Morgan fingerprint density at radius 2 is 1.37 bits per heavy atom. The van der Waals surface area contributed by atoms with Crippen LogP contribution in [-0.4, -0.2) is 22.4 Å². The first-order valence-corrected chi connectivity index (χ1v) is 11.2. The average molecular weight is 379 g/mol. The van der Waals surface area contributed by atoms with Gasteiger partial charge in [-0.25, -0.2) is 4.79 Å². The number of rotatable bonds is 16. The monoisotopic (exact) mass is 378 g/mol. The van der Waals surface area contributed by atoms with Crippen molar-refractivity contribution in [3.63, 3.8) is 0 Å². The van der Waals surface area contributed by atoms with Crippen molar-refractivity contribution in [1.29, 1.82) is 0 Å². The molecule has 0 aliphatic heterocycles. The molecule has 0 fully saturated rings. The number of hydrogen-bond acceptors (Lipinski definition) is 2. The van der Waals surface area contributed by atoms with Crippen LogP contribution in [0.1, 0.15) is 103 Å². The Balaban J connectivity index is 1.82. The summed E-state index contributed by atoms with van der Waals surface area (Å²) >= 11 is 0. The highest BCUT2D eigenvalue weighted by atomic mass is 16.2. The van der Waals surface area contributed by atoms with Crippen LogP contribution in [0.5, 0.6) is 0 Å². The minimum Gasteiger partial charge on any atom is -0.338 e. The number of amides is 2. The van der Waals surface area contributed by atoms with Crippen LogP contribution in [0.2, 0.25) is 0 Å². The molecular weight excluding hydrogens is 336 g/mol. The summed E-state index contributed by atoms with van der Waals surface area (Å²) in [4.78, 5) is 11.8. The maximum Gasteiger partial charge on any atom is 0.320 e. The molecule has 2 amide bonds. The summed E-state index contributed by atoms with van der Waals surface area (Å²) in [5.41, 5.74) is 0.903. The van der Waals surface area contributed by atoms with E-state index in [1.54, 1.807) is 4.68 Å². The third kappa shape index (κ3) is 12.5. The van der Waals surface area contributed by atoms with Crippen molar-refractivity contribution in [2.24, 2.45) is 7.05 Å². The van der Waals surface area contributed by atoms with Gasteiger partial charge in [0.1, 0.15) is 5.82 Å². The Kier molecular flexibility index (Phi) is 13.5. The van der Waals surface area contributed by atoms with Gasteiger partial charge in [-0.15, -0.1) is 0 Å². The third-order valence-electron chi connectivity index (χ3n) is 5.06. The van der Waals surface area contributed by atoms with Gasteiger partial charge in [0, 0.05) is 19.7 Å². The van der Waals surface area contributed by atoms with Crippen molar-refractivity contribution in [2.45, 2.75) is 104 Å². The van der Waals surface area contributed by atoms with Gasteiger partial charge in [-0.05, 0) is 13.3 Å². The number of unbranched alkanes of at least 4 members (excludes halogenated alkanes) is 13. The Bertz CT molecular complexity index is 499. The van der Waals surface area contributed by atoms with Gasteiger partial charge >= 0.3 is 6.03 Å². The molecule has 0 aliphatic carbocycles. The van der Waals surface area contributed by atoms with Gasteiger partial charge in [0.15, 0.2) is 0 Å². The van der Waals surface area contributed by atoms with Crippen molar-refractivity contribution in [1.82, 2.24) is 15.1 Å². The quantitative estimate of drug-likeness (QED) is 0.330. The summed E-state index contributed by atoms with van der Waals surface area (Å²) in [6.07, 6.45) is 18.9. The smallest absolute Gasteiger partial charge is 0.320 e. The van der Waals surface area contributed by atoms with Gasteiger partial charge in [-0.2, -0.15) is 5.10 Å². The van der Waals surface area contributed by atoms with Crippen LogP contribution in [0.3, 0.4) is 0 Å². The lowest BCUT2D eigenvalue weighted by Crippen LogP contribution is -2.30. The highest BCUT2D eigenvalue weighted by molar-refractivity contribution is 5.88. The Morgan fingerprint density at radius 1 is 0.889 bits per heavy atom. The molecule has 1 aromatic heterocycles. The fraction of sp³-hybridized carbons (Fsp3) is 0.818. The summed E-state index contributed by atoms with van der Waals surface area (Å²) in [7, 11) is 1.83. The van der Waals surface area contributed by atoms with E-state index in [0.29, 0.717) is 0 Å². The van der Waals surface area contributed by atoms with Crippen LogP contribution >= 0.6 is 0 Å². The van der Waals surface area contributed by atoms with E-state index in [0.717, 1.165) is 24.5 Å². The van der Waals surface area contributed by atoms with E-state index in [4.69, 9.17) is 0 Å². The van der Waals surface area contributed by atoms with Crippen molar-refractivity contribution in [3.8, 4) is 0 Å². The number of carbonyl (C=O) groups is 1. The lowest BCUT2D eigenvalue weighted by atomic mass is 10.0. The van der Waals surface area contributed by atoms with Crippen LogP contribution in [-0.2, 0) is 7.05 Å². The van der Waals surface area contributed by atoms with E-state index in [2.05, 4.69) is 22.7 Å². The molecule has 1 heterocycles. The van der Waals surface area contributed by atoms with Gasteiger partial charge in [-0.1, -0.05) is 90.4 Å². The zero-order chi connectivity index (χ0) is 19.7. The minimum absolute atomic E-state index is 0.146. The molecule has 156 valence electrons. The lowest BCUT2D eigenvalue weighted by Gasteiger charge is -2.07. The highest BCUT2D eigenvalue weighted by Gasteiger charge is 2.05. The molecule has 0 bridgehead atoms. The molecule has 0 radical (unpaired) electrons. The summed E-state index contributed by atoms with van der Waals surface area (Å²) in [5.74, 6) is 0.728. The number of carbonyl (C=O) groups excluding carboxylic acids is 1. The predicted molar refractivity (Wildman–Crippen MR) is 115 cm³/mol. The maximum atomic E-state index is 11.8. The maximum absolute atomic E-state index is 11.8. The van der Waals surface area contributed by atoms with E-state index in [-0.39, 0.29) is 6.03 Å². The Morgan fingerprint density at radius 3 is 1.81 bits per heavy atom. The molecule has 0 aromatic carbocycles. The van der Waals surface area contributed by atoms with E-state index < -0.39 is 0 Å². The fourth-order valence-electron chi connectivity index (χ4n) is 3.41. The molecular formula is C22H42N4O. The molecule has 0 spiro atoms. The molecule has 5 nitrogen and oxygen atoms in total. The summed E-state index contributed by atoms with van der Waals surface area (Å²) in [6.45, 7) is 4.93. The molecule has 0 aliphatic rings. The number of anilines is 1. The van der Waals surface area contributed by atoms with E-state index in [1.165, 1.54) is 83.5 Å². The highest BCUT2D eigenvalue weighted by Crippen LogP contribution is 2.13. The molecule has 1 rings (SSSR count). The Hall–Kier alpha value is -1.52. The first kappa shape index (κ1) is 23.5. The zero-order valence-electron chi connectivity index (χ0n) is 18.0. The average Bonchev–Trinajstić information content (AvgIpc) is 2.95. The second-order valence-corrected chi connectivity index (χ2v) is 7.77. The van der Waals surface area contributed by atoms with Gasteiger partial charge in [0.25, 0.3) is 0 Å². The van der Waals surface area contributed by atoms with Gasteiger partial charge < -0.3 is 5.32 Å². The van der Waals surface area contributed by atoms with Crippen LogP contribution in [0, 0.1) is 6.92 Å². The van der Waals surface area contributed by atoms with E-state index in [1.807, 2.05) is 20.0 Å². The van der Waals surface area contributed by atoms with Crippen molar-refractivity contribution < 1.29 is 4.79 Å². The van der Waals surface area contributed by atoms with Gasteiger partial charge in [0.2, 0.25) is 0 Å². The van der Waals surface area contributed by atoms with Crippen LogP contribution in [0.25, 0.3) is 0 Å². The van der Waals surface area contributed by atoms with Gasteiger partial charge in [-0.3, -0.25) is 10.00 Å². The number of hydrogen-bond donors (Lipinski definition) is 2. The van der Waals surface area contributed by atoms with E-state index >= 15 is 0 Å². The standard InChI is InChI=1S/C22H42N4O/c1-4-5-6-7-8-9-10-11-12-13-14-15-16-17-18-23-22(27)24-21-19-20(2)25-26(21)3/h19H,4-18H2,1-3H3,(H2,23,24,27). The lowest BCUT2D eigenvalue weighted by molar-refractivity contribution is 0.251. The number of nitrogens with zero attached hydrogens (tertiary/aromatic N) is 2. The SMILES string of the molecule is CCCCCCCCCCCCCCCCNC(=O)Nc1cc(C)nn1C. The van der Waals surface area contributed by atoms with Crippen LogP contribution < -0.4 is 10.6 Å². The number of nitrogens with one attached hydrogen (secondary N) is 2. The van der Waals surface area contributed by atoms with Crippen LogP contribution in [0.15, 0.2) is 6.07 Å². The summed E-state index contributed by atoms with van der Waals surface area (Å²) < 4.78 is 1.68. The van der Waals surface area contributed by atoms with Gasteiger partial charge in [0.05, 0.1) is 5.69 Å². The van der Waals surface area contributed by atoms with E-state index in [9.17, 15) is 4.79 Å². The minimum atomic E-state index is -0.146. The largest absolute Gasteiger partial charge is 0.338 e. The van der Waals surface area contributed by atoms with Crippen LogP contribution in [0.4, 0.5) is 10.6 Å². The van der Waals surface area contributed by atoms with Crippen molar-refractivity contribution in [3.05, 3.63) is 11.8 Å². The molecule has 0 unspecified atom stereocenters. The molecule has 1 aromatic rings. The first-order chi connectivity index (χ1) is 13.1. The third-order valence-corrected chi connectivity index (χ3v) is 5.06. The normalized spacial score (nSPS) is 10.9. The molecule has 0 saturated carbocycles. The first-order valence-electron chi connectivity index (χ1n) is 11.2. The van der Waals surface area contributed by atoms with Crippen molar-refractivity contribution in [2.75, 3.05) is 11.9 Å². The topological polar surface area (TPSA) is 59.0 Å². The number of aryl methyl sites for hydroxylation is 2. The Labute approximate surface area is 166 Å². The molecule has 5 heteroatoms. The van der Waals surface area contributed by atoms with Crippen molar-refractivity contribution >= 4 is 11.8 Å². The predicted octanol–water partition coefficient (Wildman–Crippen LogP) is 6.33. The molecule has 0 atom stereocenters. The number of aromatic nitrogens is 2. The second kappa shape index (κ2) is 15.5. The summed E-state index contributed by atoms with van der Waals surface area (Å²) in [5, 5.41) is 9.97. The number of urea groups is 1. The molecule has 27 heavy (non-hydrogen) atoms. The molecule has 2 N–H and O–H groups in total. The zero-order valence-corrected chi connectivity index (χ0v) is 18.0. The fourth-order valence-corrected chi connectivity index (χ4v) is 3.41. The molecule has 0 saturated heterocycles.